The number of hydrogen-bond acceptors (Lipinski definition) is 2. The summed E-state index contributed by atoms with van der Waals surface area (Å²) in [7, 11) is 0. The van der Waals surface area contributed by atoms with Gasteiger partial charge in [-0.1, -0.05) is 42.3 Å². The number of likely N-dealkylation sites (N-methyl/N-ethyl adjacent to an activating group) is 1. The SMILES string of the molecule is CCNC(Cc1ccc(F)cc1)c1ncc(Cl)cc1Cl. The van der Waals surface area contributed by atoms with Gasteiger partial charge in [0.05, 0.1) is 21.8 Å². The summed E-state index contributed by atoms with van der Waals surface area (Å²) >= 11 is 12.1. The minimum atomic E-state index is -0.239. The Morgan fingerprint density at radius 3 is 2.55 bits per heavy atom. The van der Waals surface area contributed by atoms with E-state index < -0.39 is 0 Å². The van der Waals surface area contributed by atoms with E-state index in [1.165, 1.54) is 12.1 Å². The van der Waals surface area contributed by atoms with Crippen molar-refractivity contribution in [3.05, 3.63) is 63.6 Å². The van der Waals surface area contributed by atoms with Gasteiger partial charge in [-0.25, -0.2) is 4.39 Å². The minimum Gasteiger partial charge on any atom is -0.309 e. The first-order valence-electron chi connectivity index (χ1n) is 6.39. The maximum absolute atomic E-state index is 12.9. The van der Waals surface area contributed by atoms with Gasteiger partial charge in [0.1, 0.15) is 5.82 Å². The highest BCUT2D eigenvalue weighted by Crippen LogP contribution is 2.26. The number of benzene rings is 1. The fraction of sp³-hybridized carbons (Fsp3) is 0.267. The van der Waals surface area contributed by atoms with Crippen LogP contribution in [0.5, 0.6) is 0 Å². The van der Waals surface area contributed by atoms with Gasteiger partial charge in [0, 0.05) is 6.20 Å². The van der Waals surface area contributed by atoms with E-state index in [0.29, 0.717) is 16.5 Å². The molecule has 0 aliphatic heterocycles. The third-order valence-electron chi connectivity index (χ3n) is 2.97. The van der Waals surface area contributed by atoms with Crippen molar-refractivity contribution in [2.75, 3.05) is 6.54 Å². The van der Waals surface area contributed by atoms with Crippen LogP contribution in [-0.2, 0) is 6.42 Å². The summed E-state index contributed by atoms with van der Waals surface area (Å²) in [5, 5.41) is 4.38. The van der Waals surface area contributed by atoms with Gasteiger partial charge < -0.3 is 5.32 Å². The molecule has 0 bridgehead atoms. The van der Waals surface area contributed by atoms with E-state index in [-0.39, 0.29) is 11.9 Å². The largest absolute Gasteiger partial charge is 0.309 e. The molecule has 5 heteroatoms. The van der Waals surface area contributed by atoms with Gasteiger partial charge in [-0.3, -0.25) is 4.98 Å². The predicted molar refractivity (Wildman–Crippen MR) is 80.8 cm³/mol. The molecule has 0 saturated heterocycles. The van der Waals surface area contributed by atoms with Crippen molar-refractivity contribution in [3.8, 4) is 0 Å². The second-order valence-electron chi connectivity index (χ2n) is 4.46. The van der Waals surface area contributed by atoms with E-state index in [0.717, 1.165) is 17.8 Å². The topological polar surface area (TPSA) is 24.9 Å². The molecule has 20 heavy (non-hydrogen) atoms. The van der Waals surface area contributed by atoms with Gasteiger partial charge in [-0.2, -0.15) is 0 Å². The van der Waals surface area contributed by atoms with E-state index in [1.807, 2.05) is 6.92 Å². The van der Waals surface area contributed by atoms with Crippen LogP contribution in [0.15, 0.2) is 36.5 Å². The average Bonchev–Trinajstić information content (AvgIpc) is 2.41. The molecule has 1 aromatic heterocycles. The highest BCUT2D eigenvalue weighted by Gasteiger charge is 2.16. The zero-order chi connectivity index (χ0) is 14.5. The molecule has 0 spiro atoms. The van der Waals surface area contributed by atoms with E-state index in [4.69, 9.17) is 23.2 Å². The molecule has 0 fully saturated rings. The van der Waals surface area contributed by atoms with E-state index in [2.05, 4.69) is 10.3 Å². The minimum absolute atomic E-state index is 0.0322. The Morgan fingerprint density at radius 1 is 1.25 bits per heavy atom. The van der Waals surface area contributed by atoms with Crippen LogP contribution < -0.4 is 5.32 Å². The second kappa shape index (κ2) is 7.02. The van der Waals surface area contributed by atoms with Crippen LogP contribution in [0.2, 0.25) is 10.0 Å². The summed E-state index contributed by atoms with van der Waals surface area (Å²) in [5.41, 5.74) is 1.77. The highest BCUT2D eigenvalue weighted by molar-refractivity contribution is 6.34. The van der Waals surface area contributed by atoms with Crippen LogP contribution in [0, 0.1) is 5.82 Å². The Labute approximate surface area is 127 Å². The number of nitrogens with zero attached hydrogens (tertiary/aromatic N) is 1. The third kappa shape index (κ3) is 3.92. The monoisotopic (exact) mass is 312 g/mol. The molecule has 106 valence electrons. The maximum Gasteiger partial charge on any atom is 0.123 e. The van der Waals surface area contributed by atoms with Crippen LogP contribution in [0.25, 0.3) is 0 Å². The lowest BCUT2D eigenvalue weighted by Gasteiger charge is -2.18. The Morgan fingerprint density at radius 2 is 1.95 bits per heavy atom. The zero-order valence-corrected chi connectivity index (χ0v) is 12.5. The smallest absolute Gasteiger partial charge is 0.123 e. The van der Waals surface area contributed by atoms with Gasteiger partial charge in [0.25, 0.3) is 0 Å². The quantitative estimate of drug-likeness (QED) is 0.884. The molecule has 0 amide bonds. The van der Waals surface area contributed by atoms with E-state index >= 15 is 0 Å². The maximum atomic E-state index is 12.9. The molecule has 1 heterocycles. The molecule has 1 atom stereocenters. The van der Waals surface area contributed by atoms with Gasteiger partial charge >= 0.3 is 0 Å². The average molecular weight is 313 g/mol. The second-order valence-corrected chi connectivity index (χ2v) is 5.31. The third-order valence-corrected chi connectivity index (χ3v) is 3.48. The number of hydrogen-bond donors (Lipinski definition) is 1. The first-order chi connectivity index (χ1) is 9.60. The van der Waals surface area contributed by atoms with Crippen LogP contribution in [0.1, 0.15) is 24.2 Å². The summed E-state index contributed by atoms with van der Waals surface area (Å²) in [6, 6.07) is 8.09. The molecule has 2 rings (SSSR count). The van der Waals surface area contributed by atoms with Gasteiger partial charge in [0.15, 0.2) is 0 Å². The normalized spacial score (nSPS) is 12.4. The zero-order valence-electron chi connectivity index (χ0n) is 11.0. The van der Waals surface area contributed by atoms with Crippen LogP contribution in [0.4, 0.5) is 4.39 Å². The number of halogens is 3. The Hall–Kier alpha value is -1.16. The van der Waals surface area contributed by atoms with Crippen LogP contribution in [0.3, 0.4) is 0 Å². The molecule has 2 nitrogen and oxygen atoms in total. The molecule has 1 aromatic carbocycles. The molecule has 1 N–H and O–H groups in total. The van der Waals surface area contributed by atoms with Crippen molar-refractivity contribution in [1.82, 2.24) is 10.3 Å². The molecular formula is C15H15Cl2FN2. The van der Waals surface area contributed by atoms with Crippen molar-refractivity contribution in [1.29, 1.82) is 0 Å². The summed E-state index contributed by atoms with van der Waals surface area (Å²) < 4.78 is 12.9. The van der Waals surface area contributed by atoms with Gasteiger partial charge in [0.2, 0.25) is 0 Å². The predicted octanol–water partition coefficient (Wildman–Crippen LogP) is 4.42. The van der Waals surface area contributed by atoms with Crippen molar-refractivity contribution in [2.45, 2.75) is 19.4 Å². The summed E-state index contributed by atoms with van der Waals surface area (Å²) in [4.78, 5) is 4.31. The number of nitrogens with one attached hydrogen (secondary N) is 1. The first-order valence-corrected chi connectivity index (χ1v) is 7.14. The van der Waals surface area contributed by atoms with Crippen LogP contribution in [-0.4, -0.2) is 11.5 Å². The van der Waals surface area contributed by atoms with Crippen molar-refractivity contribution < 1.29 is 4.39 Å². The molecule has 2 aromatic rings. The van der Waals surface area contributed by atoms with Crippen molar-refractivity contribution in [2.24, 2.45) is 0 Å². The van der Waals surface area contributed by atoms with Crippen LogP contribution >= 0.6 is 23.2 Å². The lowest BCUT2D eigenvalue weighted by molar-refractivity contribution is 0.536. The van der Waals surface area contributed by atoms with E-state index in [9.17, 15) is 4.39 Å². The highest BCUT2D eigenvalue weighted by atomic mass is 35.5. The molecular weight excluding hydrogens is 298 g/mol. The van der Waals surface area contributed by atoms with E-state index in [1.54, 1.807) is 24.4 Å². The van der Waals surface area contributed by atoms with Gasteiger partial charge in [-0.05, 0) is 36.7 Å². The summed E-state index contributed by atoms with van der Waals surface area (Å²) in [5.74, 6) is -0.239. The summed E-state index contributed by atoms with van der Waals surface area (Å²) in [6.45, 7) is 2.80. The van der Waals surface area contributed by atoms with Gasteiger partial charge in [-0.15, -0.1) is 0 Å². The van der Waals surface area contributed by atoms with Crippen molar-refractivity contribution >= 4 is 23.2 Å². The first kappa shape index (κ1) is 15.2. The fourth-order valence-electron chi connectivity index (χ4n) is 2.05. The fourth-order valence-corrected chi connectivity index (χ4v) is 2.56. The standard InChI is InChI=1S/C15H15Cl2FN2/c1-2-19-14(7-10-3-5-12(18)6-4-10)15-13(17)8-11(16)9-20-15/h3-6,8-9,14,19H,2,7H2,1H3. The lowest BCUT2D eigenvalue weighted by Crippen LogP contribution is -2.24. The number of pyridine rings is 1. The molecule has 1 unspecified atom stereocenters. The van der Waals surface area contributed by atoms with Crippen molar-refractivity contribution in [3.63, 3.8) is 0 Å². The molecule has 0 aliphatic carbocycles. The number of rotatable bonds is 5. The lowest BCUT2D eigenvalue weighted by atomic mass is 10.0. The Bertz CT molecular complexity index is 573. The number of aromatic nitrogens is 1. The molecule has 0 radical (unpaired) electrons. The Balaban J connectivity index is 2.24. The molecule has 0 saturated carbocycles. The summed E-state index contributed by atoms with van der Waals surface area (Å²) in [6.07, 6.45) is 2.26. The molecule has 0 aliphatic rings. The Kier molecular flexibility index (Phi) is 5.35.